The van der Waals surface area contributed by atoms with Crippen molar-refractivity contribution in [2.24, 2.45) is 0 Å². The average molecular weight is 324 g/mol. The number of sulfonamides is 1. The minimum absolute atomic E-state index is 0.0154. The molecule has 0 heterocycles. The molecule has 0 aliphatic rings. The summed E-state index contributed by atoms with van der Waals surface area (Å²) in [6, 6.07) is 13.6. The first-order valence-electron chi connectivity index (χ1n) is 6.58. The predicted molar refractivity (Wildman–Crippen MR) is 87.4 cm³/mol. The summed E-state index contributed by atoms with van der Waals surface area (Å²) in [6.45, 7) is 6.25. The first-order valence-corrected chi connectivity index (χ1v) is 8.44. The van der Waals surface area contributed by atoms with Gasteiger partial charge in [-0.05, 0) is 35.2 Å². The van der Waals surface area contributed by atoms with Gasteiger partial charge in [0.25, 0.3) is 10.0 Å². The Morgan fingerprint density at radius 3 is 2.05 bits per heavy atom. The molecule has 0 fully saturated rings. The summed E-state index contributed by atoms with van der Waals surface area (Å²) < 4.78 is 27.2. The lowest BCUT2D eigenvalue weighted by atomic mass is 9.87. The number of para-hydroxylation sites is 1. The zero-order chi connectivity index (χ0) is 15.7. The number of nitrogens with one attached hydrogen (secondary N) is 1. The summed E-state index contributed by atoms with van der Waals surface area (Å²) in [4.78, 5) is 0.218. The van der Waals surface area contributed by atoms with Gasteiger partial charge in [0.1, 0.15) is 0 Å². The second kappa shape index (κ2) is 5.70. The molecule has 112 valence electrons. The molecule has 1 N–H and O–H groups in total. The topological polar surface area (TPSA) is 46.2 Å². The fraction of sp³-hybridized carbons (Fsp3) is 0.250. The zero-order valence-corrected chi connectivity index (χ0v) is 13.8. The Labute approximate surface area is 131 Å². The van der Waals surface area contributed by atoms with Gasteiger partial charge in [0.2, 0.25) is 0 Å². The largest absolute Gasteiger partial charge is 0.278 e. The van der Waals surface area contributed by atoms with Crippen molar-refractivity contribution in [1.29, 1.82) is 0 Å². The Bertz CT molecular complexity index is 732. The Morgan fingerprint density at radius 1 is 0.952 bits per heavy atom. The Hall–Kier alpha value is -1.52. The van der Waals surface area contributed by atoms with E-state index in [9.17, 15) is 8.42 Å². The maximum absolute atomic E-state index is 12.3. The van der Waals surface area contributed by atoms with Crippen LogP contribution in [-0.2, 0) is 15.4 Å². The Kier molecular flexibility index (Phi) is 4.30. The normalized spacial score (nSPS) is 12.2. The highest BCUT2D eigenvalue weighted by atomic mass is 35.5. The van der Waals surface area contributed by atoms with Gasteiger partial charge in [-0.25, -0.2) is 8.42 Å². The monoisotopic (exact) mass is 323 g/mol. The van der Waals surface area contributed by atoms with Crippen LogP contribution in [0.1, 0.15) is 26.3 Å². The van der Waals surface area contributed by atoms with Gasteiger partial charge >= 0.3 is 0 Å². The Morgan fingerprint density at radius 2 is 1.52 bits per heavy atom. The minimum Gasteiger partial charge on any atom is -0.278 e. The van der Waals surface area contributed by atoms with Crippen molar-refractivity contribution in [3.05, 3.63) is 59.1 Å². The molecule has 21 heavy (non-hydrogen) atoms. The number of hydrogen-bond donors (Lipinski definition) is 1. The number of hydrogen-bond acceptors (Lipinski definition) is 2. The second-order valence-corrected chi connectivity index (χ2v) is 7.95. The molecule has 0 aliphatic heterocycles. The lowest BCUT2D eigenvalue weighted by molar-refractivity contribution is 0.587. The quantitative estimate of drug-likeness (QED) is 0.907. The molecule has 2 rings (SSSR count). The van der Waals surface area contributed by atoms with E-state index in [1.165, 1.54) is 0 Å². The molecule has 0 radical (unpaired) electrons. The number of anilines is 1. The van der Waals surface area contributed by atoms with Crippen LogP contribution in [0.3, 0.4) is 0 Å². The summed E-state index contributed by atoms with van der Waals surface area (Å²) >= 11 is 5.98. The van der Waals surface area contributed by atoms with E-state index in [1.54, 1.807) is 36.4 Å². The maximum Gasteiger partial charge on any atom is 0.261 e. The molecular formula is C16H18ClNO2S. The highest BCUT2D eigenvalue weighted by Gasteiger charge is 2.18. The molecule has 0 bridgehead atoms. The fourth-order valence-corrected chi connectivity index (χ4v) is 3.20. The van der Waals surface area contributed by atoms with E-state index in [1.807, 2.05) is 12.1 Å². The van der Waals surface area contributed by atoms with Gasteiger partial charge in [0.15, 0.2) is 0 Å². The average Bonchev–Trinajstić information content (AvgIpc) is 2.40. The standard InChI is InChI=1S/C16H18ClNO2S/c1-16(2,3)12-8-10-13(11-9-12)21(19,20)18-15-7-5-4-6-14(15)17/h4-11,18H,1-3H3. The zero-order valence-electron chi connectivity index (χ0n) is 12.2. The molecular weight excluding hydrogens is 306 g/mol. The van der Waals surface area contributed by atoms with E-state index in [0.717, 1.165) is 5.56 Å². The van der Waals surface area contributed by atoms with Gasteiger partial charge in [0.05, 0.1) is 15.6 Å². The van der Waals surface area contributed by atoms with Crippen LogP contribution >= 0.6 is 11.6 Å². The number of halogens is 1. The molecule has 0 saturated heterocycles. The summed E-state index contributed by atoms with van der Waals surface area (Å²) in [7, 11) is -3.63. The molecule has 0 saturated carbocycles. The van der Waals surface area contributed by atoms with Crippen LogP contribution in [0.4, 0.5) is 5.69 Å². The van der Waals surface area contributed by atoms with Crippen LogP contribution in [0.25, 0.3) is 0 Å². The van der Waals surface area contributed by atoms with Gasteiger partial charge in [-0.15, -0.1) is 0 Å². The molecule has 2 aromatic carbocycles. The van der Waals surface area contributed by atoms with Gasteiger partial charge in [-0.1, -0.05) is 56.6 Å². The smallest absolute Gasteiger partial charge is 0.261 e. The number of rotatable bonds is 3. The molecule has 0 amide bonds. The molecule has 0 unspecified atom stereocenters. The first-order chi connectivity index (χ1) is 9.70. The van der Waals surface area contributed by atoms with E-state index in [4.69, 9.17) is 11.6 Å². The van der Waals surface area contributed by atoms with E-state index >= 15 is 0 Å². The maximum atomic E-state index is 12.3. The molecule has 3 nitrogen and oxygen atoms in total. The predicted octanol–water partition coefficient (Wildman–Crippen LogP) is 4.44. The Balaban J connectivity index is 2.30. The van der Waals surface area contributed by atoms with Gasteiger partial charge in [-0.3, -0.25) is 4.72 Å². The summed E-state index contributed by atoms with van der Waals surface area (Å²) in [6.07, 6.45) is 0. The van der Waals surface area contributed by atoms with Crippen molar-refractivity contribution in [2.45, 2.75) is 31.1 Å². The van der Waals surface area contributed by atoms with Crippen molar-refractivity contribution in [2.75, 3.05) is 4.72 Å². The molecule has 0 aromatic heterocycles. The van der Waals surface area contributed by atoms with E-state index in [2.05, 4.69) is 25.5 Å². The van der Waals surface area contributed by atoms with Crippen LogP contribution in [0.5, 0.6) is 0 Å². The molecule has 0 aliphatic carbocycles. The molecule has 5 heteroatoms. The van der Waals surface area contributed by atoms with Gasteiger partial charge < -0.3 is 0 Å². The summed E-state index contributed by atoms with van der Waals surface area (Å²) in [5.74, 6) is 0. The SMILES string of the molecule is CC(C)(C)c1ccc(S(=O)(=O)Nc2ccccc2Cl)cc1. The van der Waals surface area contributed by atoms with Crippen LogP contribution < -0.4 is 4.72 Å². The van der Waals surface area contributed by atoms with Crippen molar-refractivity contribution in [1.82, 2.24) is 0 Å². The first kappa shape index (κ1) is 15.9. The van der Waals surface area contributed by atoms with Crippen LogP contribution in [0.15, 0.2) is 53.4 Å². The fourth-order valence-electron chi connectivity index (χ4n) is 1.88. The van der Waals surface area contributed by atoms with E-state index in [-0.39, 0.29) is 10.3 Å². The summed E-state index contributed by atoms with van der Waals surface area (Å²) in [5.41, 5.74) is 1.44. The van der Waals surface area contributed by atoms with E-state index < -0.39 is 10.0 Å². The highest BCUT2D eigenvalue weighted by Crippen LogP contribution is 2.26. The highest BCUT2D eigenvalue weighted by molar-refractivity contribution is 7.92. The molecule has 0 atom stereocenters. The third-order valence-corrected chi connectivity index (χ3v) is 4.86. The lowest BCUT2D eigenvalue weighted by Gasteiger charge is -2.19. The van der Waals surface area contributed by atoms with E-state index in [0.29, 0.717) is 10.7 Å². The molecule has 2 aromatic rings. The number of benzene rings is 2. The van der Waals surface area contributed by atoms with Crippen molar-refractivity contribution >= 4 is 27.3 Å². The van der Waals surface area contributed by atoms with Crippen LogP contribution in [-0.4, -0.2) is 8.42 Å². The van der Waals surface area contributed by atoms with Crippen molar-refractivity contribution in [3.8, 4) is 0 Å². The summed E-state index contributed by atoms with van der Waals surface area (Å²) in [5, 5.41) is 0.368. The van der Waals surface area contributed by atoms with Crippen molar-refractivity contribution in [3.63, 3.8) is 0 Å². The second-order valence-electron chi connectivity index (χ2n) is 5.86. The van der Waals surface area contributed by atoms with Gasteiger partial charge in [0, 0.05) is 0 Å². The van der Waals surface area contributed by atoms with Gasteiger partial charge in [-0.2, -0.15) is 0 Å². The van der Waals surface area contributed by atoms with Crippen LogP contribution in [0.2, 0.25) is 5.02 Å². The van der Waals surface area contributed by atoms with Crippen LogP contribution in [0, 0.1) is 0 Å². The minimum atomic E-state index is -3.63. The van der Waals surface area contributed by atoms with Crippen molar-refractivity contribution < 1.29 is 8.42 Å². The third kappa shape index (κ3) is 3.77. The third-order valence-electron chi connectivity index (χ3n) is 3.15. The lowest BCUT2D eigenvalue weighted by Crippen LogP contribution is -2.15. The molecule has 0 spiro atoms.